The van der Waals surface area contributed by atoms with Crippen LogP contribution in [0.15, 0.2) is 6.07 Å². The maximum Gasteiger partial charge on any atom is 0.460 e. The third-order valence-electron chi connectivity index (χ3n) is 1.77. The number of hydrogen-bond donors (Lipinski definition) is 1. The van der Waals surface area contributed by atoms with E-state index in [2.05, 4.69) is 4.98 Å². The largest absolute Gasteiger partial charge is 0.460 e. The van der Waals surface area contributed by atoms with Crippen molar-refractivity contribution in [1.82, 2.24) is 4.98 Å². The topological polar surface area (TPSA) is 82.0 Å². The van der Waals surface area contributed by atoms with Gasteiger partial charge in [0, 0.05) is 6.07 Å². The zero-order valence-corrected chi connectivity index (χ0v) is 7.83. The molecule has 2 N–H and O–H groups in total. The van der Waals surface area contributed by atoms with Crippen LogP contribution in [-0.4, -0.2) is 9.91 Å². The van der Waals surface area contributed by atoms with E-state index in [4.69, 9.17) is 5.73 Å². The van der Waals surface area contributed by atoms with Crippen LogP contribution in [0.1, 0.15) is 17.7 Å². The van der Waals surface area contributed by atoms with Gasteiger partial charge in [0.15, 0.2) is 0 Å². The molecule has 0 saturated heterocycles. The molecule has 0 fully saturated rings. The third-order valence-corrected chi connectivity index (χ3v) is 1.77. The Morgan fingerprint density at radius 2 is 1.94 bits per heavy atom. The van der Waals surface area contributed by atoms with Crippen LogP contribution >= 0.6 is 0 Å². The molecule has 0 saturated carbocycles. The number of aromatic nitrogens is 1. The second kappa shape index (κ2) is 4.11. The van der Waals surface area contributed by atoms with Gasteiger partial charge in [-0.2, -0.15) is 13.2 Å². The molecule has 17 heavy (non-hydrogen) atoms. The van der Waals surface area contributed by atoms with Crippen LogP contribution in [0.2, 0.25) is 0 Å². The van der Waals surface area contributed by atoms with E-state index in [1.807, 2.05) is 0 Å². The summed E-state index contributed by atoms with van der Waals surface area (Å²) < 4.78 is 61.7. The van der Waals surface area contributed by atoms with Crippen LogP contribution in [0.25, 0.3) is 0 Å². The van der Waals surface area contributed by atoms with Gasteiger partial charge < -0.3 is 15.8 Å². The number of alkyl halides is 5. The lowest BCUT2D eigenvalue weighted by atomic mass is 10.1. The van der Waals surface area contributed by atoms with Crippen molar-refractivity contribution >= 4 is 11.5 Å². The number of anilines is 1. The predicted octanol–water partition coefficient (Wildman–Crippen LogP) is 2.53. The molecule has 1 rings (SSSR count). The van der Waals surface area contributed by atoms with Gasteiger partial charge in [0.05, 0.1) is 11.3 Å². The second-order valence-corrected chi connectivity index (χ2v) is 2.89. The summed E-state index contributed by atoms with van der Waals surface area (Å²) in [6, 6.07) is 0.217. The molecule has 0 unspecified atom stereocenters. The zero-order valence-electron chi connectivity index (χ0n) is 7.83. The van der Waals surface area contributed by atoms with Crippen molar-refractivity contribution in [3.05, 3.63) is 27.4 Å². The molecule has 1 heterocycles. The summed E-state index contributed by atoms with van der Waals surface area (Å²) >= 11 is 0. The van der Waals surface area contributed by atoms with Crippen molar-refractivity contribution in [2.45, 2.75) is 12.6 Å². The number of pyridine rings is 1. The molecule has 0 amide bonds. The van der Waals surface area contributed by atoms with Crippen LogP contribution in [-0.2, 0) is 6.18 Å². The number of hydrogen-bond acceptors (Lipinski definition) is 4. The number of rotatable bonds is 2. The Kier molecular flexibility index (Phi) is 3.16. The van der Waals surface area contributed by atoms with Crippen LogP contribution < -0.4 is 5.73 Å². The highest BCUT2D eigenvalue weighted by atomic mass is 19.4. The highest BCUT2D eigenvalue weighted by Gasteiger charge is 2.42. The lowest BCUT2D eigenvalue weighted by molar-refractivity contribution is -0.390. The average Bonchev–Trinajstić information content (AvgIpc) is 2.15. The molecule has 0 bridgehead atoms. The van der Waals surface area contributed by atoms with Crippen molar-refractivity contribution in [2.24, 2.45) is 0 Å². The minimum atomic E-state index is -5.14. The Balaban J connectivity index is 3.55. The smallest absolute Gasteiger partial charge is 0.395 e. The number of nitrogens with zero attached hydrogens (tertiary/aromatic N) is 2. The molecule has 1 aromatic rings. The highest BCUT2D eigenvalue weighted by Crippen LogP contribution is 2.38. The van der Waals surface area contributed by atoms with E-state index in [0.717, 1.165) is 0 Å². The predicted molar refractivity (Wildman–Crippen MR) is 45.3 cm³/mol. The fourth-order valence-electron chi connectivity index (χ4n) is 1.05. The van der Waals surface area contributed by atoms with Gasteiger partial charge in [-0.1, -0.05) is 0 Å². The fourth-order valence-corrected chi connectivity index (χ4v) is 1.05. The van der Waals surface area contributed by atoms with E-state index >= 15 is 0 Å². The Morgan fingerprint density at radius 1 is 1.41 bits per heavy atom. The summed E-state index contributed by atoms with van der Waals surface area (Å²) in [5, 5.41) is 10.3. The molecule has 0 aliphatic heterocycles. The van der Waals surface area contributed by atoms with Gasteiger partial charge >= 0.3 is 12.0 Å². The first-order valence-corrected chi connectivity index (χ1v) is 3.94. The Bertz CT molecular complexity index is 460. The summed E-state index contributed by atoms with van der Waals surface area (Å²) in [7, 11) is 0. The monoisotopic (exact) mass is 257 g/mol. The van der Waals surface area contributed by atoms with Crippen molar-refractivity contribution in [1.29, 1.82) is 0 Å². The first-order valence-electron chi connectivity index (χ1n) is 3.94. The molecule has 1 aromatic heterocycles. The van der Waals surface area contributed by atoms with Gasteiger partial charge in [0.2, 0.25) is 0 Å². The molecule has 0 spiro atoms. The van der Waals surface area contributed by atoms with Crippen LogP contribution in [0, 0.1) is 10.1 Å². The van der Waals surface area contributed by atoms with Gasteiger partial charge in [-0.15, -0.1) is 0 Å². The standard InChI is InChI=1S/C7H4F5N3O2/c8-6(9)2-1-3(15(16)17)14-5(4(2)13)7(10,11)12/h1,6H,13H2. The Labute approximate surface area is 90.2 Å². The average molecular weight is 257 g/mol. The van der Waals surface area contributed by atoms with Crippen molar-refractivity contribution < 1.29 is 26.9 Å². The van der Waals surface area contributed by atoms with Crippen LogP contribution in [0.3, 0.4) is 0 Å². The highest BCUT2D eigenvalue weighted by molar-refractivity contribution is 5.55. The van der Waals surface area contributed by atoms with Gasteiger partial charge in [-0.3, -0.25) is 0 Å². The minimum Gasteiger partial charge on any atom is -0.395 e. The fraction of sp³-hybridized carbons (Fsp3) is 0.286. The minimum absolute atomic E-state index is 0.217. The molecule has 0 radical (unpaired) electrons. The quantitative estimate of drug-likeness (QED) is 0.501. The van der Waals surface area contributed by atoms with Crippen LogP contribution in [0.5, 0.6) is 0 Å². The first-order chi connectivity index (χ1) is 7.64. The van der Waals surface area contributed by atoms with Crippen molar-refractivity contribution in [2.75, 3.05) is 5.73 Å². The second-order valence-electron chi connectivity index (χ2n) is 2.89. The lowest BCUT2D eigenvalue weighted by Crippen LogP contribution is -2.15. The molecule has 0 aliphatic rings. The van der Waals surface area contributed by atoms with Gasteiger partial charge in [0.25, 0.3) is 12.1 Å². The molecule has 0 aliphatic carbocycles. The molecule has 0 atom stereocenters. The molecule has 10 heteroatoms. The maximum absolute atomic E-state index is 12.3. The summed E-state index contributed by atoms with van der Waals surface area (Å²) in [5.41, 5.74) is 0.395. The lowest BCUT2D eigenvalue weighted by Gasteiger charge is -2.09. The summed E-state index contributed by atoms with van der Waals surface area (Å²) in [6.45, 7) is 0. The van der Waals surface area contributed by atoms with E-state index in [9.17, 15) is 32.1 Å². The molecule has 0 aromatic carbocycles. The van der Waals surface area contributed by atoms with E-state index in [-0.39, 0.29) is 6.07 Å². The summed E-state index contributed by atoms with van der Waals surface area (Å²) in [4.78, 5) is 11.6. The third kappa shape index (κ3) is 2.57. The SMILES string of the molecule is Nc1c(C(F)F)cc([N+](=O)[O-])nc1C(F)(F)F. The summed E-state index contributed by atoms with van der Waals surface area (Å²) in [5.74, 6) is -1.33. The Hall–Kier alpha value is -2.00. The Morgan fingerprint density at radius 3 is 2.29 bits per heavy atom. The van der Waals surface area contributed by atoms with E-state index in [1.54, 1.807) is 0 Å². The van der Waals surface area contributed by atoms with Gasteiger partial charge in [-0.25, -0.2) is 8.78 Å². The molecular weight excluding hydrogens is 253 g/mol. The first kappa shape index (κ1) is 13.1. The zero-order chi connectivity index (χ0) is 13.4. The van der Waals surface area contributed by atoms with E-state index in [1.165, 1.54) is 0 Å². The molecular formula is C7H4F5N3O2. The van der Waals surface area contributed by atoms with Crippen molar-refractivity contribution in [3.63, 3.8) is 0 Å². The summed E-state index contributed by atoms with van der Waals surface area (Å²) in [6.07, 6.45) is -8.50. The van der Waals surface area contributed by atoms with Gasteiger partial charge in [-0.05, 0) is 9.91 Å². The normalized spacial score (nSPS) is 11.9. The number of halogens is 5. The number of nitrogens with two attached hydrogens (primary N) is 1. The molecule has 5 nitrogen and oxygen atoms in total. The maximum atomic E-state index is 12.3. The van der Waals surface area contributed by atoms with Crippen LogP contribution in [0.4, 0.5) is 33.5 Å². The van der Waals surface area contributed by atoms with E-state index < -0.39 is 40.3 Å². The number of nitro groups is 1. The molecule has 94 valence electrons. The van der Waals surface area contributed by atoms with Gasteiger partial charge in [0.1, 0.15) is 0 Å². The number of nitrogen functional groups attached to an aromatic ring is 1. The van der Waals surface area contributed by atoms with E-state index in [0.29, 0.717) is 0 Å². The van der Waals surface area contributed by atoms with Crippen molar-refractivity contribution in [3.8, 4) is 0 Å².